The number of rotatable bonds is 8. The number of amides is 1. The molecular formula is C20H41IN4O3. The van der Waals surface area contributed by atoms with Crippen molar-refractivity contribution in [3.63, 3.8) is 0 Å². The van der Waals surface area contributed by atoms with E-state index in [0.29, 0.717) is 12.5 Å². The van der Waals surface area contributed by atoms with E-state index in [0.717, 1.165) is 45.2 Å². The van der Waals surface area contributed by atoms with Gasteiger partial charge in [-0.2, -0.15) is 0 Å². The van der Waals surface area contributed by atoms with Crippen molar-refractivity contribution in [2.45, 2.75) is 66.5 Å². The number of ether oxygens (including phenoxy) is 2. The van der Waals surface area contributed by atoms with Gasteiger partial charge >= 0.3 is 6.09 Å². The molecule has 1 fully saturated rings. The molecule has 0 aromatic heterocycles. The van der Waals surface area contributed by atoms with Gasteiger partial charge in [-0.15, -0.1) is 24.0 Å². The van der Waals surface area contributed by atoms with Crippen LogP contribution in [0.15, 0.2) is 4.99 Å². The van der Waals surface area contributed by atoms with E-state index in [4.69, 9.17) is 14.5 Å². The van der Waals surface area contributed by atoms with Gasteiger partial charge in [0.2, 0.25) is 0 Å². The Morgan fingerprint density at radius 1 is 1.29 bits per heavy atom. The molecule has 28 heavy (non-hydrogen) atoms. The molecule has 2 N–H and O–H groups in total. The quantitative estimate of drug-likeness (QED) is 0.296. The summed E-state index contributed by atoms with van der Waals surface area (Å²) in [6, 6.07) is -0.0738. The van der Waals surface area contributed by atoms with Gasteiger partial charge < -0.3 is 25.0 Å². The van der Waals surface area contributed by atoms with E-state index in [1.165, 1.54) is 0 Å². The number of nitrogens with zero attached hydrogens (tertiary/aromatic N) is 2. The minimum Gasteiger partial charge on any atom is -0.444 e. The van der Waals surface area contributed by atoms with Crippen LogP contribution in [0.5, 0.6) is 0 Å². The number of guanidine groups is 1. The molecule has 0 saturated carbocycles. The lowest BCUT2D eigenvalue weighted by Gasteiger charge is -2.26. The van der Waals surface area contributed by atoms with E-state index in [-0.39, 0.29) is 42.0 Å². The summed E-state index contributed by atoms with van der Waals surface area (Å²) < 4.78 is 11.0. The van der Waals surface area contributed by atoms with Crippen molar-refractivity contribution in [2.75, 3.05) is 39.4 Å². The molecule has 0 bridgehead atoms. The molecule has 8 heteroatoms. The third-order valence-electron chi connectivity index (χ3n) is 4.42. The Morgan fingerprint density at radius 2 is 1.96 bits per heavy atom. The highest BCUT2D eigenvalue weighted by molar-refractivity contribution is 14.0. The summed E-state index contributed by atoms with van der Waals surface area (Å²) >= 11 is 0. The van der Waals surface area contributed by atoms with E-state index in [1.54, 1.807) is 0 Å². The van der Waals surface area contributed by atoms with Crippen molar-refractivity contribution in [3.05, 3.63) is 0 Å². The third kappa shape index (κ3) is 10.7. The van der Waals surface area contributed by atoms with E-state index >= 15 is 0 Å². The number of aliphatic imine (C=N–C) groups is 1. The van der Waals surface area contributed by atoms with Crippen LogP contribution in [0.4, 0.5) is 4.79 Å². The van der Waals surface area contributed by atoms with Crippen LogP contribution in [0.2, 0.25) is 0 Å². The van der Waals surface area contributed by atoms with E-state index in [1.807, 2.05) is 27.7 Å². The maximum atomic E-state index is 12.1. The second-order valence-electron chi connectivity index (χ2n) is 8.45. The smallest absolute Gasteiger partial charge is 0.407 e. The Balaban J connectivity index is 0.00000729. The molecule has 1 amide bonds. The standard InChI is InChI=1S/C20H40N4O3.HI/c1-8-21-18(24-11-10-16(13-24)14-26-9-2)22-12-17(15(3)4)23-19(25)27-20(5,6)7;/h15-17H,8-14H2,1-7H3,(H,21,22)(H,23,25);1H. The van der Waals surface area contributed by atoms with Crippen LogP contribution in [0, 0.1) is 11.8 Å². The largest absolute Gasteiger partial charge is 0.444 e. The molecule has 1 aliphatic rings. The SMILES string of the molecule is CCNC(=NCC(NC(=O)OC(C)(C)C)C(C)C)N1CCC(COCC)C1.I. The molecule has 0 spiro atoms. The zero-order chi connectivity index (χ0) is 20.4. The van der Waals surface area contributed by atoms with Crippen LogP contribution < -0.4 is 10.6 Å². The van der Waals surface area contributed by atoms with Gasteiger partial charge in [-0.3, -0.25) is 4.99 Å². The van der Waals surface area contributed by atoms with Gasteiger partial charge in [0.1, 0.15) is 5.60 Å². The molecule has 2 unspecified atom stereocenters. The number of hydrogen-bond acceptors (Lipinski definition) is 4. The monoisotopic (exact) mass is 512 g/mol. The number of likely N-dealkylation sites (tertiary alicyclic amines) is 1. The summed E-state index contributed by atoms with van der Waals surface area (Å²) in [5.41, 5.74) is -0.505. The fourth-order valence-corrected chi connectivity index (χ4v) is 2.94. The normalized spacial score (nSPS) is 18.6. The molecule has 166 valence electrons. The van der Waals surface area contributed by atoms with Crippen molar-refractivity contribution in [1.82, 2.24) is 15.5 Å². The summed E-state index contributed by atoms with van der Waals surface area (Å²) in [4.78, 5) is 19.2. The van der Waals surface area contributed by atoms with E-state index < -0.39 is 5.60 Å². The Bertz CT molecular complexity index is 481. The molecule has 0 aromatic carbocycles. The van der Waals surface area contributed by atoms with E-state index in [9.17, 15) is 4.79 Å². The van der Waals surface area contributed by atoms with Gasteiger partial charge in [0.05, 0.1) is 19.2 Å². The van der Waals surface area contributed by atoms with Crippen LogP contribution in [0.3, 0.4) is 0 Å². The van der Waals surface area contributed by atoms with Crippen LogP contribution in [0.25, 0.3) is 0 Å². The number of halogens is 1. The zero-order valence-electron chi connectivity index (χ0n) is 18.7. The predicted molar refractivity (Wildman–Crippen MR) is 126 cm³/mol. The summed E-state index contributed by atoms with van der Waals surface area (Å²) in [7, 11) is 0. The van der Waals surface area contributed by atoms with Crippen LogP contribution in [0.1, 0.15) is 54.9 Å². The summed E-state index contributed by atoms with van der Waals surface area (Å²) in [6.45, 7) is 18.7. The van der Waals surface area contributed by atoms with Crippen LogP contribution >= 0.6 is 24.0 Å². The highest BCUT2D eigenvalue weighted by atomic mass is 127. The van der Waals surface area contributed by atoms with E-state index in [2.05, 4.69) is 36.3 Å². The Labute approximate surface area is 188 Å². The van der Waals surface area contributed by atoms with Crippen molar-refractivity contribution < 1.29 is 14.3 Å². The second kappa shape index (κ2) is 13.5. The molecule has 1 aliphatic heterocycles. The van der Waals surface area contributed by atoms with Gasteiger partial charge in [-0.1, -0.05) is 13.8 Å². The predicted octanol–water partition coefficient (Wildman–Crippen LogP) is 3.48. The average Bonchev–Trinajstić information content (AvgIpc) is 3.02. The summed E-state index contributed by atoms with van der Waals surface area (Å²) in [5.74, 6) is 1.72. The Morgan fingerprint density at radius 3 is 2.50 bits per heavy atom. The first-order valence-corrected chi connectivity index (χ1v) is 10.3. The van der Waals surface area contributed by atoms with Crippen molar-refractivity contribution in [3.8, 4) is 0 Å². The number of nitrogens with one attached hydrogen (secondary N) is 2. The average molecular weight is 512 g/mol. The topological polar surface area (TPSA) is 75.2 Å². The first-order valence-electron chi connectivity index (χ1n) is 10.3. The first kappa shape index (κ1) is 27.2. The lowest BCUT2D eigenvalue weighted by atomic mass is 10.1. The number of hydrogen-bond donors (Lipinski definition) is 2. The molecule has 1 rings (SSSR count). The Kier molecular flexibility index (Phi) is 13.1. The maximum absolute atomic E-state index is 12.1. The zero-order valence-corrected chi connectivity index (χ0v) is 21.0. The maximum Gasteiger partial charge on any atom is 0.407 e. The van der Waals surface area contributed by atoms with Crippen LogP contribution in [-0.4, -0.2) is 68.0 Å². The minimum absolute atomic E-state index is 0. The van der Waals surface area contributed by atoms with Gasteiger partial charge in [0, 0.05) is 32.2 Å². The third-order valence-corrected chi connectivity index (χ3v) is 4.42. The lowest BCUT2D eigenvalue weighted by Crippen LogP contribution is -2.45. The molecular weight excluding hydrogens is 471 g/mol. The molecule has 2 atom stereocenters. The van der Waals surface area contributed by atoms with Gasteiger partial charge in [-0.25, -0.2) is 4.79 Å². The summed E-state index contributed by atoms with van der Waals surface area (Å²) in [6.07, 6.45) is 0.730. The molecule has 0 aliphatic carbocycles. The Hall–Kier alpha value is -0.770. The van der Waals surface area contributed by atoms with Crippen LogP contribution in [-0.2, 0) is 9.47 Å². The van der Waals surface area contributed by atoms with Gasteiger partial charge in [0.15, 0.2) is 5.96 Å². The number of carbonyl (C=O) groups excluding carboxylic acids is 1. The molecule has 1 heterocycles. The van der Waals surface area contributed by atoms with Crippen molar-refractivity contribution in [1.29, 1.82) is 0 Å². The van der Waals surface area contributed by atoms with Gasteiger partial charge in [-0.05, 0) is 47.0 Å². The number of carbonyl (C=O) groups is 1. The minimum atomic E-state index is -0.505. The molecule has 0 radical (unpaired) electrons. The first-order chi connectivity index (χ1) is 12.7. The second-order valence-corrected chi connectivity index (χ2v) is 8.45. The highest BCUT2D eigenvalue weighted by Gasteiger charge is 2.26. The fraction of sp³-hybridized carbons (Fsp3) is 0.900. The highest BCUT2D eigenvalue weighted by Crippen LogP contribution is 2.17. The lowest BCUT2D eigenvalue weighted by molar-refractivity contribution is 0.0493. The van der Waals surface area contributed by atoms with Crippen molar-refractivity contribution >= 4 is 36.0 Å². The van der Waals surface area contributed by atoms with Gasteiger partial charge in [0.25, 0.3) is 0 Å². The molecule has 7 nitrogen and oxygen atoms in total. The fourth-order valence-electron chi connectivity index (χ4n) is 2.94. The molecule has 1 saturated heterocycles. The van der Waals surface area contributed by atoms with Crippen molar-refractivity contribution in [2.24, 2.45) is 16.8 Å². The summed E-state index contributed by atoms with van der Waals surface area (Å²) in [5, 5.41) is 6.34. The number of alkyl carbamates (subject to hydrolysis) is 1. The molecule has 0 aromatic rings.